The van der Waals surface area contributed by atoms with E-state index in [0.717, 1.165) is 19.9 Å². The monoisotopic (exact) mass is 526 g/mol. The molecular weight excluding hydrogens is 514 g/mol. The van der Waals surface area contributed by atoms with E-state index >= 15 is 0 Å². The van der Waals surface area contributed by atoms with Gasteiger partial charge in [0.2, 0.25) is 0 Å². The van der Waals surface area contributed by atoms with Crippen LogP contribution in [0.15, 0.2) is 60.7 Å². The molecule has 0 saturated carbocycles. The van der Waals surface area contributed by atoms with Crippen LogP contribution < -0.4 is 0 Å². The zero-order valence-electron chi connectivity index (χ0n) is 12.0. The average Bonchev–Trinajstić information content (AvgIpc) is 2.55. The van der Waals surface area contributed by atoms with Crippen molar-refractivity contribution in [2.45, 2.75) is 0 Å². The van der Waals surface area contributed by atoms with Gasteiger partial charge in [0.1, 0.15) is 5.75 Å². The van der Waals surface area contributed by atoms with E-state index in [9.17, 15) is 9.90 Å². The van der Waals surface area contributed by atoms with Gasteiger partial charge in [-0.25, -0.2) is 0 Å². The number of carbonyl (C=O) groups excluding carboxylic acids is 1. The molecule has 0 aliphatic rings. The zero-order chi connectivity index (χ0) is 16.4. The maximum absolute atomic E-state index is 12.4. The lowest BCUT2D eigenvalue weighted by Crippen LogP contribution is -1.97. The van der Waals surface area contributed by atoms with Crippen molar-refractivity contribution < 1.29 is 9.90 Å². The predicted molar refractivity (Wildman–Crippen MR) is 111 cm³/mol. The summed E-state index contributed by atoms with van der Waals surface area (Å²) < 4.78 is 1.60. The van der Waals surface area contributed by atoms with Crippen LogP contribution in [0.1, 0.15) is 15.9 Å². The van der Waals surface area contributed by atoms with Crippen LogP contribution in [0.3, 0.4) is 0 Å². The number of benzene rings is 3. The lowest BCUT2D eigenvalue weighted by atomic mass is 10.0. The molecular formula is C19H12I2O2. The Morgan fingerprint density at radius 1 is 1.00 bits per heavy atom. The van der Waals surface area contributed by atoms with Gasteiger partial charge in [0.15, 0.2) is 5.78 Å². The second-order valence-electron chi connectivity index (χ2n) is 5.05. The number of hydrogen-bond donors (Lipinski definition) is 1. The molecule has 0 heterocycles. The molecule has 0 unspecified atom stereocenters. The lowest BCUT2D eigenvalue weighted by molar-refractivity contribution is 0.104. The number of rotatable bonds is 3. The summed E-state index contributed by atoms with van der Waals surface area (Å²) in [6.07, 6.45) is 3.32. The summed E-state index contributed by atoms with van der Waals surface area (Å²) in [7, 11) is 0. The number of phenols is 1. The van der Waals surface area contributed by atoms with Gasteiger partial charge < -0.3 is 5.11 Å². The molecule has 0 spiro atoms. The zero-order valence-corrected chi connectivity index (χ0v) is 16.3. The number of hydrogen-bond acceptors (Lipinski definition) is 2. The Balaban J connectivity index is 1.98. The van der Waals surface area contributed by atoms with Crippen molar-refractivity contribution in [3.63, 3.8) is 0 Å². The van der Waals surface area contributed by atoms with Gasteiger partial charge in [-0.3, -0.25) is 4.79 Å². The Bertz CT molecular complexity index is 925. The number of carbonyl (C=O) groups is 1. The van der Waals surface area contributed by atoms with Gasteiger partial charge in [-0.15, -0.1) is 0 Å². The van der Waals surface area contributed by atoms with Crippen molar-refractivity contribution in [1.29, 1.82) is 0 Å². The van der Waals surface area contributed by atoms with Gasteiger partial charge in [-0.2, -0.15) is 0 Å². The van der Waals surface area contributed by atoms with Gasteiger partial charge in [-0.05, 0) is 79.7 Å². The summed E-state index contributed by atoms with van der Waals surface area (Å²) in [5.41, 5.74) is 1.31. The van der Waals surface area contributed by atoms with Crippen molar-refractivity contribution in [1.82, 2.24) is 0 Å². The maximum Gasteiger partial charge on any atom is 0.189 e. The molecule has 0 atom stereocenters. The Kier molecular flexibility index (Phi) is 5.01. The second kappa shape index (κ2) is 7.00. The summed E-state index contributed by atoms with van der Waals surface area (Å²) in [6.45, 7) is 0. The van der Waals surface area contributed by atoms with E-state index in [1.54, 1.807) is 12.1 Å². The normalized spacial score (nSPS) is 11.2. The lowest BCUT2D eigenvalue weighted by Gasteiger charge is -2.05. The topological polar surface area (TPSA) is 37.3 Å². The molecule has 23 heavy (non-hydrogen) atoms. The summed E-state index contributed by atoms with van der Waals surface area (Å²) in [5.74, 6) is -0.162. The average molecular weight is 526 g/mol. The van der Waals surface area contributed by atoms with Gasteiger partial charge in [0.25, 0.3) is 0 Å². The summed E-state index contributed by atoms with van der Waals surface area (Å²) in [5, 5.41) is 12.3. The fourth-order valence-electron chi connectivity index (χ4n) is 2.40. The van der Waals surface area contributed by atoms with Crippen LogP contribution in [0.25, 0.3) is 16.8 Å². The van der Waals surface area contributed by atoms with Crippen LogP contribution in [0.4, 0.5) is 0 Å². The van der Waals surface area contributed by atoms with Crippen molar-refractivity contribution >= 4 is 67.8 Å². The number of phenolic OH excluding ortho intramolecular Hbond substituents is 1. The fourth-order valence-corrected chi connectivity index (χ4v) is 4.25. The van der Waals surface area contributed by atoms with Crippen LogP contribution in [0.2, 0.25) is 0 Å². The van der Waals surface area contributed by atoms with Crippen molar-refractivity contribution in [2.24, 2.45) is 0 Å². The van der Waals surface area contributed by atoms with E-state index in [4.69, 9.17) is 0 Å². The molecule has 2 nitrogen and oxygen atoms in total. The van der Waals surface area contributed by atoms with Crippen molar-refractivity contribution in [3.05, 3.63) is 78.9 Å². The third kappa shape index (κ3) is 3.58. The number of halogens is 2. The number of ketones is 1. The van der Waals surface area contributed by atoms with E-state index < -0.39 is 0 Å². The third-order valence-electron chi connectivity index (χ3n) is 3.53. The van der Waals surface area contributed by atoms with E-state index in [1.807, 2.05) is 71.1 Å². The molecule has 0 fully saturated rings. The van der Waals surface area contributed by atoms with Gasteiger partial charge in [0.05, 0.1) is 9.13 Å². The highest BCUT2D eigenvalue weighted by molar-refractivity contribution is 14.1. The Hall–Kier alpha value is -1.41. The Labute approximate surface area is 161 Å². The highest BCUT2D eigenvalue weighted by Crippen LogP contribution is 2.28. The largest absolute Gasteiger partial charge is 0.506 e. The van der Waals surface area contributed by atoms with Gasteiger partial charge >= 0.3 is 0 Å². The minimum absolute atomic E-state index is 0.0404. The first-order valence-corrected chi connectivity index (χ1v) is 9.10. The first kappa shape index (κ1) is 16.4. The molecule has 0 saturated heterocycles. The minimum Gasteiger partial charge on any atom is -0.506 e. The molecule has 0 radical (unpaired) electrons. The van der Waals surface area contributed by atoms with E-state index in [2.05, 4.69) is 22.6 Å². The molecule has 4 heteroatoms. The molecule has 3 aromatic carbocycles. The van der Waals surface area contributed by atoms with Crippen LogP contribution in [-0.2, 0) is 0 Å². The molecule has 0 amide bonds. The fraction of sp³-hybridized carbons (Fsp3) is 0. The highest BCUT2D eigenvalue weighted by atomic mass is 127. The van der Waals surface area contributed by atoms with Crippen molar-refractivity contribution in [3.8, 4) is 5.75 Å². The molecule has 3 aromatic rings. The van der Waals surface area contributed by atoms with Crippen LogP contribution in [-0.4, -0.2) is 10.9 Å². The molecule has 0 bridgehead atoms. The van der Waals surface area contributed by atoms with E-state index in [-0.39, 0.29) is 11.5 Å². The second-order valence-corrected chi connectivity index (χ2v) is 7.46. The molecule has 0 aliphatic carbocycles. The maximum atomic E-state index is 12.4. The Morgan fingerprint density at radius 3 is 2.57 bits per heavy atom. The minimum atomic E-state index is -0.202. The number of fused-ring (bicyclic) bond motifs is 1. The summed E-state index contributed by atoms with van der Waals surface area (Å²) >= 11 is 4.17. The first-order valence-electron chi connectivity index (χ1n) is 6.94. The number of allylic oxidation sites excluding steroid dienone is 1. The molecule has 3 rings (SSSR count). The van der Waals surface area contributed by atoms with Crippen LogP contribution in [0.5, 0.6) is 5.75 Å². The summed E-state index contributed by atoms with van der Waals surface area (Å²) in [6, 6.07) is 17.6. The van der Waals surface area contributed by atoms with Gasteiger partial charge in [-0.1, -0.05) is 48.5 Å². The first-order chi connectivity index (χ1) is 11.1. The quantitative estimate of drug-likeness (QED) is 0.272. The molecule has 0 aliphatic heterocycles. The standard InChI is InChI=1S/C19H12I2O2/c20-14-10-16(19(23)17(21)11-14)18(22)9-8-13-6-3-5-12-4-1-2-7-15(12)13/h1-11,23H. The van der Waals surface area contributed by atoms with Crippen LogP contribution in [0, 0.1) is 7.14 Å². The van der Waals surface area contributed by atoms with Gasteiger partial charge in [0, 0.05) is 3.57 Å². The summed E-state index contributed by atoms with van der Waals surface area (Å²) in [4.78, 5) is 12.4. The smallest absolute Gasteiger partial charge is 0.189 e. The Morgan fingerprint density at radius 2 is 1.74 bits per heavy atom. The van der Waals surface area contributed by atoms with Crippen molar-refractivity contribution in [2.75, 3.05) is 0 Å². The van der Waals surface area contributed by atoms with Crippen LogP contribution >= 0.6 is 45.2 Å². The highest BCUT2D eigenvalue weighted by Gasteiger charge is 2.12. The molecule has 0 aromatic heterocycles. The third-order valence-corrected chi connectivity index (χ3v) is 4.98. The predicted octanol–water partition coefficient (Wildman–Crippen LogP) is 5.65. The SMILES string of the molecule is O=C(C=Cc1cccc2ccccc12)c1cc(I)cc(I)c1O. The molecule has 1 N–H and O–H groups in total. The number of aromatic hydroxyl groups is 1. The van der Waals surface area contributed by atoms with E-state index in [0.29, 0.717) is 9.13 Å². The molecule has 114 valence electrons. The van der Waals surface area contributed by atoms with E-state index in [1.165, 1.54) is 6.08 Å².